The number of amides is 1. The first kappa shape index (κ1) is 17.0. The van der Waals surface area contributed by atoms with Crippen LogP contribution < -0.4 is 11.0 Å². The van der Waals surface area contributed by atoms with Crippen LogP contribution in [0.5, 0.6) is 0 Å². The molecule has 0 radical (unpaired) electrons. The van der Waals surface area contributed by atoms with Crippen LogP contribution in [0, 0.1) is 11.7 Å². The Balaban J connectivity index is 1.25. The Morgan fingerprint density at radius 3 is 2.96 bits per heavy atom. The van der Waals surface area contributed by atoms with Gasteiger partial charge in [-0.25, -0.2) is 13.9 Å². The Bertz CT molecular complexity index is 873. The molecule has 2 unspecified atom stereocenters. The van der Waals surface area contributed by atoms with Gasteiger partial charge in [0.05, 0.1) is 0 Å². The molecule has 2 atom stereocenters. The van der Waals surface area contributed by atoms with Gasteiger partial charge in [-0.1, -0.05) is 18.2 Å². The quantitative estimate of drug-likeness (QED) is 0.801. The average molecular weight is 358 g/mol. The van der Waals surface area contributed by atoms with Crippen molar-refractivity contribution >= 4 is 5.91 Å². The van der Waals surface area contributed by atoms with Crippen molar-refractivity contribution in [2.45, 2.75) is 51.1 Å². The van der Waals surface area contributed by atoms with Gasteiger partial charge in [0.1, 0.15) is 11.6 Å². The fraction of sp³-hybridized carbons (Fsp3) is 0.526. The number of aromatic nitrogens is 3. The van der Waals surface area contributed by atoms with Crippen molar-refractivity contribution in [1.29, 1.82) is 0 Å². The maximum Gasteiger partial charge on any atom is 0.345 e. The molecule has 1 amide bonds. The van der Waals surface area contributed by atoms with E-state index in [2.05, 4.69) is 10.4 Å². The van der Waals surface area contributed by atoms with Crippen molar-refractivity contribution in [3.8, 4) is 0 Å². The van der Waals surface area contributed by atoms with Gasteiger partial charge in [0.15, 0.2) is 0 Å². The third-order valence-corrected chi connectivity index (χ3v) is 5.31. The number of fused-ring (bicyclic) bond motifs is 1. The monoisotopic (exact) mass is 358 g/mol. The maximum absolute atomic E-state index is 13.8. The van der Waals surface area contributed by atoms with Crippen LogP contribution in [0.4, 0.5) is 4.39 Å². The molecule has 1 aromatic heterocycles. The SMILES string of the molecule is O=C(NCCCn1nc2n(c1=O)CCCC2)C1CC1c1ccccc1F. The highest BCUT2D eigenvalue weighted by atomic mass is 19.1. The average Bonchev–Trinajstić information content (AvgIpc) is 3.38. The lowest BCUT2D eigenvalue weighted by Gasteiger charge is -2.09. The van der Waals surface area contributed by atoms with Crippen LogP contribution >= 0.6 is 0 Å². The Hall–Kier alpha value is -2.44. The first-order chi connectivity index (χ1) is 12.6. The summed E-state index contributed by atoms with van der Waals surface area (Å²) in [5, 5.41) is 7.29. The van der Waals surface area contributed by atoms with E-state index >= 15 is 0 Å². The van der Waals surface area contributed by atoms with E-state index in [0.29, 0.717) is 31.5 Å². The first-order valence-corrected chi connectivity index (χ1v) is 9.34. The van der Waals surface area contributed by atoms with Gasteiger partial charge in [0, 0.05) is 32.0 Å². The predicted octanol–water partition coefficient (Wildman–Crippen LogP) is 1.83. The number of halogens is 1. The normalized spacial score (nSPS) is 21.3. The number of rotatable bonds is 6. The summed E-state index contributed by atoms with van der Waals surface area (Å²) in [4.78, 5) is 24.4. The molecule has 1 fully saturated rings. The summed E-state index contributed by atoms with van der Waals surface area (Å²) >= 11 is 0. The molecule has 1 aliphatic heterocycles. The molecule has 1 N–H and O–H groups in total. The number of carbonyl (C=O) groups excluding carboxylic acids is 1. The van der Waals surface area contributed by atoms with Crippen LogP contribution in [-0.2, 0) is 24.3 Å². The highest BCUT2D eigenvalue weighted by Gasteiger charge is 2.44. The van der Waals surface area contributed by atoms with Crippen LogP contribution in [0.25, 0.3) is 0 Å². The minimum atomic E-state index is -0.240. The number of nitrogens with one attached hydrogen (secondary N) is 1. The molecule has 2 aliphatic rings. The van der Waals surface area contributed by atoms with Gasteiger partial charge in [0.25, 0.3) is 0 Å². The van der Waals surface area contributed by atoms with Crippen molar-refractivity contribution in [3.05, 3.63) is 52.0 Å². The zero-order valence-corrected chi connectivity index (χ0v) is 14.7. The molecule has 26 heavy (non-hydrogen) atoms. The van der Waals surface area contributed by atoms with Gasteiger partial charge < -0.3 is 5.32 Å². The van der Waals surface area contributed by atoms with E-state index in [1.807, 2.05) is 0 Å². The molecule has 0 spiro atoms. The van der Waals surface area contributed by atoms with E-state index in [9.17, 15) is 14.0 Å². The molecule has 2 heterocycles. The molecule has 4 rings (SSSR count). The van der Waals surface area contributed by atoms with Crippen LogP contribution in [0.1, 0.15) is 43.0 Å². The molecular weight excluding hydrogens is 335 g/mol. The van der Waals surface area contributed by atoms with Crippen molar-refractivity contribution in [3.63, 3.8) is 0 Å². The molecule has 2 aromatic rings. The first-order valence-electron chi connectivity index (χ1n) is 9.34. The molecule has 6 nitrogen and oxygen atoms in total. The van der Waals surface area contributed by atoms with E-state index in [1.165, 1.54) is 10.7 Å². The molecule has 0 bridgehead atoms. The number of hydrogen-bond acceptors (Lipinski definition) is 3. The summed E-state index contributed by atoms with van der Waals surface area (Å²) in [5.74, 6) is 0.440. The standard InChI is InChI=1S/C19H23FN4O2/c20-16-7-2-1-6-13(16)14-12-15(14)18(25)21-9-5-11-24-19(26)23-10-4-3-8-17(23)22-24/h1-2,6-7,14-15H,3-5,8-12H2,(H,21,25). The molecule has 1 aliphatic carbocycles. The van der Waals surface area contributed by atoms with E-state index in [0.717, 1.165) is 31.6 Å². The van der Waals surface area contributed by atoms with Gasteiger partial charge in [-0.3, -0.25) is 9.36 Å². The fourth-order valence-electron chi connectivity index (χ4n) is 3.77. The summed E-state index contributed by atoms with van der Waals surface area (Å²) in [6.07, 6.45) is 4.31. The second-order valence-corrected chi connectivity index (χ2v) is 7.15. The summed E-state index contributed by atoms with van der Waals surface area (Å²) in [7, 11) is 0. The predicted molar refractivity (Wildman–Crippen MR) is 94.3 cm³/mol. The van der Waals surface area contributed by atoms with E-state index in [4.69, 9.17) is 0 Å². The second-order valence-electron chi connectivity index (χ2n) is 7.15. The topological polar surface area (TPSA) is 68.9 Å². The molecule has 1 saturated carbocycles. The maximum atomic E-state index is 13.8. The fourth-order valence-corrected chi connectivity index (χ4v) is 3.77. The summed E-state index contributed by atoms with van der Waals surface area (Å²) in [6, 6.07) is 6.64. The van der Waals surface area contributed by atoms with Crippen molar-refractivity contribution < 1.29 is 9.18 Å². The lowest BCUT2D eigenvalue weighted by Crippen LogP contribution is -2.30. The van der Waals surface area contributed by atoms with Gasteiger partial charge in [-0.2, -0.15) is 5.10 Å². The van der Waals surface area contributed by atoms with Crippen LogP contribution in [0.15, 0.2) is 29.1 Å². The smallest absolute Gasteiger partial charge is 0.345 e. The minimum absolute atomic E-state index is 0.0151. The van der Waals surface area contributed by atoms with Gasteiger partial charge in [0.2, 0.25) is 5.91 Å². The zero-order chi connectivity index (χ0) is 18.1. The molecule has 7 heteroatoms. The Morgan fingerprint density at radius 2 is 2.15 bits per heavy atom. The molecule has 1 aromatic carbocycles. The minimum Gasteiger partial charge on any atom is -0.356 e. The largest absolute Gasteiger partial charge is 0.356 e. The van der Waals surface area contributed by atoms with E-state index in [1.54, 1.807) is 22.8 Å². The third-order valence-electron chi connectivity index (χ3n) is 5.31. The Kier molecular flexibility index (Phi) is 4.61. The lowest BCUT2D eigenvalue weighted by molar-refractivity contribution is -0.122. The van der Waals surface area contributed by atoms with Gasteiger partial charge in [-0.15, -0.1) is 0 Å². The molecule has 138 valence electrons. The van der Waals surface area contributed by atoms with Crippen LogP contribution in [0.3, 0.4) is 0 Å². The molecular formula is C19H23FN4O2. The number of nitrogens with zero attached hydrogens (tertiary/aromatic N) is 3. The number of hydrogen-bond donors (Lipinski definition) is 1. The lowest BCUT2D eigenvalue weighted by atomic mass is 10.1. The molecule has 0 saturated heterocycles. The highest BCUT2D eigenvalue weighted by Crippen LogP contribution is 2.48. The third kappa shape index (κ3) is 3.30. The van der Waals surface area contributed by atoms with Gasteiger partial charge >= 0.3 is 5.69 Å². The Morgan fingerprint density at radius 1 is 1.31 bits per heavy atom. The van der Waals surface area contributed by atoms with Crippen LogP contribution in [-0.4, -0.2) is 26.8 Å². The van der Waals surface area contributed by atoms with Gasteiger partial charge in [-0.05, 0) is 43.2 Å². The Labute approximate surface area is 151 Å². The number of aryl methyl sites for hydroxylation is 2. The van der Waals surface area contributed by atoms with Crippen molar-refractivity contribution in [2.75, 3.05) is 6.54 Å². The van der Waals surface area contributed by atoms with Crippen molar-refractivity contribution in [2.24, 2.45) is 5.92 Å². The number of benzene rings is 1. The summed E-state index contributed by atoms with van der Waals surface area (Å²) in [6.45, 7) is 1.75. The summed E-state index contributed by atoms with van der Waals surface area (Å²) < 4.78 is 17.0. The number of carbonyl (C=O) groups is 1. The summed E-state index contributed by atoms with van der Waals surface area (Å²) in [5.41, 5.74) is 0.579. The zero-order valence-electron chi connectivity index (χ0n) is 14.7. The highest BCUT2D eigenvalue weighted by molar-refractivity contribution is 5.82. The van der Waals surface area contributed by atoms with E-state index in [-0.39, 0.29) is 29.2 Å². The van der Waals surface area contributed by atoms with E-state index < -0.39 is 0 Å². The van der Waals surface area contributed by atoms with Crippen LogP contribution in [0.2, 0.25) is 0 Å². The van der Waals surface area contributed by atoms with Crippen molar-refractivity contribution in [1.82, 2.24) is 19.7 Å². The second kappa shape index (κ2) is 7.05.